The minimum absolute atomic E-state index is 0.0984. The molecule has 0 unspecified atom stereocenters. The smallest absolute Gasteiger partial charge is 0.375 e. The molecule has 26 heavy (non-hydrogen) atoms. The Hall–Kier alpha value is -2.34. The number of carbonyl (C=O) groups excluding carboxylic acids is 2. The number of ether oxygens (including phenoxy) is 2. The zero-order chi connectivity index (χ0) is 18.7. The zero-order valence-corrected chi connectivity index (χ0v) is 15.5. The van der Waals surface area contributed by atoms with Crippen LogP contribution in [0.15, 0.2) is 28.7 Å². The Morgan fingerprint density at radius 3 is 2.58 bits per heavy atom. The van der Waals surface area contributed by atoms with Crippen LogP contribution in [0.4, 0.5) is 0 Å². The fraction of sp³-hybridized carbons (Fsp3) is 0.500. The molecule has 0 spiro atoms. The molecule has 1 amide bonds. The number of rotatable bonds is 5. The highest BCUT2D eigenvalue weighted by Crippen LogP contribution is 2.27. The summed E-state index contributed by atoms with van der Waals surface area (Å²) in [6.07, 6.45) is 1.11. The van der Waals surface area contributed by atoms with Gasteiger partial charge in [0.05, 0.1) is 6.61 Å². The number of amides is 1. The summed E-state index contributed by atoms with van der Waals surface area (Å²) >= 11 is 0. The van der Waals surface area contributed by atoms with Gasteiger partial charge < -0.3 is 18.8 Å². The SMILES string of the molecule is COCc1c(C(=O)OCC(=O)N2C[C@H](C)C[C@@H](C)C2)oc2ccccc12. The molecule has 6 nitrogen and oxygen atoms in total. The predicted molar refractivity (Wildman–Crippen MR) is 96.7 cm³/mol. The minimum atomic E-state index is -0.639. The summed E-state index contributed by atoms with van der Waals surface area (Å²) in [4.78, 5) is 26.7. The number of esters is 1. The van der Waals surface area contributed by atoms with Crippen LogP contribution < -0.4 is 0 Å². The normalized spacial score (nSPS) is 20.3. The molecular weight excluding hydrogens is 334 g/mol. The van der Waals surface area contributed by atoms with Crippen LogP contribution in [0, 0.1) is 11.8 Å². The van der Waals surface area contributed by atoms with Crippen molar-refractivity contribution in [2.24, 2.45) is 11.8 Å². The molecule has 0 saturated carbocycles. The Morgan fingerprint density at radius 1 is 1.19 bits per heavy atom. The van der Waals surface area contributed by atoms with Gasteiger partial charge in [-0.15, -0.1) is 0 Å². The number of benzene rings is 1. The van der Waals surface area contributed by atoms with E-state index in [4.69, 9.17) is 13.9 Å². The van der Waals surface area contributed by atoms with Crippen LogP contribution in [-0.2, 0) is 20.9 Å². The first-order valence-electron chi connectivity index (χ1n) is 8.93. The summed E-state index contributed by atoms with van der Waals surface area (Å²) in [5, 5.41) is 0.811. The van der Waals surface area contributed by atoms with Crippen LogP contribution in [0.25, 0.3) is 11.0 Å². The number of nitrogens with zero attached hydrogens (tertiary/aromatic N) is 1. The maximum absolute atomic E-state index is 12.5. The number of carbonyl (C=O) groups is 2. The second-order valence-corrected chi connectivity index (χ2v) is 7.16. The monoisotopic (exact) mass is 359 g/mol. The molecule has 1 aliphatic heterocycles. The van der Waals surface area contributed by atoms with Crippen LogP contribution >= 0.6 is 0 Å². The fourth-order valence-electron chi connectivity index (χ4n) is 3.70. The van der Waals surface area contributed by atoms with E-state index in [0.29, 0.717) is 36.1 Å². The van der Waals surface area contributed by atoms with Gasteiger partial charge in [0, 0.05) is 31.1 Å². The first-order valence-corrected chi connectivity index (χ1v) is 8.93. The highest BCUT2D eigenvalue weighted by molar-refractivity contribution is 5.96. The van der Waals surface area contributed by atoms with Crippen LogP contribution in [0.2, 0.25) is 0 Å². The molecule has 6 heteroatoms. The van der Waals surface area contributed by atoms with Gasteiger partial charge in [-0.3, -0.25) is 4.79 Å². The van der Waals surface area contributed by atoms with Gasteiger partial charge in [0.15, 0.2) is 6.61 Å². The summed E-state index contributed by atoms with van der Waals surface area (Å²) in [6, 6.07) is 7.35. The third-order valence-electron chi connectivity index (χ3n) is 4.72. The van der Waals surface area contributed by atoms with Crippen molar-refractivity contribution in [2.75, 3.05) is 26.8 Å². The van der Waals surface area contributed by atoms with E-state index >= 15 is 0 Å². The lowest BCUT2D eigenvalue weighted by Gasteiger charge is -2.34. The van der Waals surface area contributed by atoms with Gasteiger partial charge in [0.2, 0.25) is 5.76 Å². The van der Waals surface area contributed by atoms with Crippen molar-refractivity contribution in [3.05, 3.63) is 35.6 Å². The topological polar surface area (TPSA) is 69.0 Å². The quantitative estimate of drug-likeness (QED) is 0.767. The van der Waals surface area contributed by atoms with Gasteiger partial charge in [0.25, 0.3) is 5.91 Å². The van der Waals surface area contributed by atoms with Crippen molar-refractivity contribution in [1.29, 1.82) is 0 Å². The van der Waals surface area contributed by atoms with E-state index in [1.165, 1.54) is 0 Å². The van der Waals surface area contributed by atoms with E-state index in [1.807, 2.05) is 18.2 Å². The van der Waals surface area contributed by atoms with Gasteiger partial charge in [-0.1, -0.05) is 32.0 Å². The number of piperidine rings is 1. The van der Waals surface area contributed by atoms with Gasteiger partial charge in [0.1, 0.15) is 5.58 Å². The third kappa shape index (κ3) is 3.90. The van der Waals surface area contributed by atoms with Crippen LogP contribution in [0.3, 0.4) is 0 Å². The molecule has 2 heterocycles. The van der Waals surface area contributed by atoms with E-state index in [0.717, 1.165) is 11.8 Å². The number of hydrogen-bond donors (Lipinski definition) is 0. The van der Waals surface area contributed by atoms with Gasteiger partial charge >= 0.3 is 5.97 Å². The minimum Gasteiger partial charge on any atom is -0.450 e. The number of methoxy groups -OCH3 is 1. The van der Waals surface area contributed by atoms with E-state index in [2.05, 4.69) is 13.8 Å². The molecule has 140 valence electrons. The fourth-order valence-corrected chi connectivity index (χ4v) is 3.70. The molecule has 1 aromatic heterocycles. The van der Waals surface area contributed by atoms with Crippen LogP contribution in [-0.4, -0.2) is 43.6 Å². The van der Waals surface area contributed by atoms with Crippen molar-refractivity contribution in [3.8, 4) is 0 Å². The molecule has 1 fully saturated rings. The highest BCUT2D eigenvalue weighted by Gasteiger charge is 2.27. The Balaban J connectivity index is 1.69. The molecule has 1 aromatic carbocycles. The lowest BCUT2D eigenvalue weighted by molar-refractivity contribution is -0.137. The number of likely N-dealkylation sites (tertiary alicyclic amines) is 1. The number of para-hydroxylation sites is 1. The molecule has 0 aliphatic carbocycles. The molecule has 2 aromatic rings. The van der Waals surface area contributed by atoms with Crippen molar-refractivity contribution in [3.63, 3.8) is 0 Å². The maximum atomic E-state index is 12.5. The van der Waals surface area contributed by atoms with E-state index in [9.17, 15) is 9.59 Å². The van der Waals surface area contributed by atoms with Gasteiger partial charge in [-0.2, -0.15) is 0 Å². The van der Waals surface area contributed by atoms with Crippen molar-refractivity contribution in [2.45, 2.75) is 26.9 Å². The predicted octanol–water partition coefficient (Wildman–Crippen LogP) is 3.24. The Bertz CT molecular complexity index is 787. The van der Waals surface area contributed by atoms with Crippen molar-refractivity contribution in [1.82, 2.24) is 4.90 Å². The molecule has 1 saturated heterocycles. The molecule has 0 bridgehead atoms. The van der Waals surface area contributed by atoms with E-state index < -0.39 is 5.97 Å². The third-order valence-corrected chi connectivity index (χ3v) is 4.72. The molecule has 3 rings (SSSR count). The van der Waals surface area contributed by atoms with Crippen molar-refractivity contribution >= 4 is 22.8 Å². The Labute approximate surface area is 153 Å². The summed E-state index contributed by atoms with van der Waals surface area (Å²) in [5.41, 5.74) is 1.23. The van der Waals surface area contributed by atoms with Gasteiger partial charge in [-0.25, -0.2) is 4.79 Å². The first-order chi connectivity index (χ1) is 12.5. The molecular formula is C20H25NO5. The summed E-state index contributed by atoms with van der Waals surface area (Å²) in [6.45, 7) is 5.64. The zero-order valence-electron chi connectivity index (χ0n) is 15.5. The molecule has 0 N–H and O–H groups in total. The molecule has 1 aliphatic rings. The second kappa shape index (κ2) is 7.91. The summed E-state index contributed by atoms with van der Waals surface area (Å²) < 4.78 is 16.1. The molecule has 0 radical (unpaired) electrons. The highest BCUT2D eigenvalue weighted by atomic mass is 16.5. The summed E-state index contributed by atoms with van der Waals surface area (Å²) in [7, 11) is 1.55. The largest absolute Gasteiger partial charge is 0.450 e. The summed E-state index contributed by atoms with van der Waals surface area (Å²) in [5.74, 6) is 0.214. The average molecular weight is 359 g/mol. The maximum Gasteiger partial charge on any atom is 0.375 e. The second-order valence-electron chi connectivity index (χ2n) is 7.16. The number of fused-ring (bicyclic) bond motifs is 1. The van der Waals surface area contributed by atoms with Crippen LogP contribution in [0.5, 0.6) is 0 Å². The number of hydrogen-bond acceptors (Lipinski definition) is 5. The Kier molecular flexibility index (Phi) is 5.61. The number of furan rings is 1. The molecule has 2 atom stereocenters. The van der Waals surface area contributed by atoms with Crippen LogP contribution in [0.1, 0.15) is 36.4 Å². The van der Waals surface area contributed by atoms with Crippen molar-refractivity contribution < 1.29 is 23.5 Å². The Morgan fingerprint density at radius 2 is 1.88 bits per heavy atom. The standard InChI is InChI=1S/C20H25NO5/c1-13-8-14(2)10-21(9-13)18(22)12-25-20(23)19-16(11-24-3)15-6-4-5-7-17(15)26-19/h4-7,13-14H,8-12H2,1-3H3/t13-,14-/m1/s1. The van der Waals surface area contributed by atoms with E-state index in [-0.39, 0.29) is 24.9 Å². The van der Waals surface area contributed by atoms with Gasteiger partial charge in [-0.05, 0) is 24.3 Å². The average Bonchev–Trinajstić information content (AvgIpc) is 2.98. The lowest BCUT2D eigenvalue weighted by Crippen LogP contribution is -2.44. The van der Waals surface area contributed by atoms with E-state index in [1.54, 1.807) is 18.1 Å². The lowest BCUT2D eigenvalue weighted by atomic mass is 9.92. The first kappa shape index (κ1) is 18.5.